The lowest BCUT2D eigenvalue weighted by Gasteiger charge is -2.12. The fourth-order valence-electron chi connectivity index (χ4n) is 3.81. The summed E-state index contributed by atoms with van der Waals surface area (Å²) in [6, 6.07) is 0. The van der Waals surface area contributed by atoms with Gasteiger partial charge in [0.05, 0.1) is 13.2 Å². The molecular formula is C26H44O6. The number of epoxide rings is 2. The Morgan fingerprint density at radius 2 is 1.09 bits per heavy atom. The summed E-state index contributed by atoms with van der Waals surface area (Å²) in [5.41, 5.74) is 0. The van der Waals surface area contributed by atoms with Crippen molar-refractivity contribution in [2.75, 3.05) is 26.4 Å². The van der Waals surface area contributed by atoms with Crippen LogP contribution in [0.4, 0.5) is 0 Å². The summed E-state index contributed by atoms with van der Waals surface area (Å²) in [4.78, 5) is 23.1. The van der Waals surface area contributed by atoms with Crippen molar-refractivity contribution in [3.63, 3.8) is 0 Å². The number of hydrogen-bond donors (Lipinski definition) is 0. The molecule has 0 aromatic carbocycles. The minimum atomic E-state index is -0.0947. The van der Waals surface area contributed by atoms with Gasteiger partial charge in [0.2, 0.25) is 0 Å². The van der Waals surface area contributed by atoms with Crippen molar-refractivity contribution in [1.29, 1.82) is 0 Å². The molecule has 6 nitrogen and oxygen atoms in total. The van der Waals surface area contributed by atoms with Gasteiger partial charge in [-0.25, -0.2) is 0 Å². The Labute approximate surface area is 194 Å². The van der Waals surface area contributed by atoms with E-state index in [0.717, 1.165) is 45.3 Å². The number of carbonyl (C=O) groups is 2. The van der Waals surface area contributed by atoms with Crippen LogP contribution < -0.4 is 0 Å². The van der Waals surface area contributed by atoms with Gasteiger partial charge in [0.1, 0.15) is 25.4 Å². The second kappa shape index (κ2) is 17.1. The molecule has 0 aliphatic carbocycles. The summed E-state index contributed by atoms with van der Waals surface area (Å²) >= 11 is 0. The Hall–Kier alpha value is -1.40. The molecule has 2 aliphatic heterocycles. The van der Waals surface area contributed by atoms with Crippen molar-refractivity contribution in [2.45, 2.75) is 109 Å². The Morgan fingerprint density at radius 3 is 1.50 bits per heavy atom. The molecule has 184 valence electrons. The molecule has 2 saturated heterocycles. The number of allylic oxidation sites excluding steroid dienone is 1. The maximum absolute atomic E-state index is 11.6. The lowest BCUT2D eigenvalue weighted by atomic mass is 9.94. The van der Waals surface area contributed by atoms with E-state index in [1.807, 2.05) is 0 Å². The summed E-state index contributed by atoms with van der Waals surface area (Å²) in [7, 11) is 0. The van der Waals surface area contributed by atoms with E-state index in [1.165, 1.54) is 51.4 Å². The minimum Gasteiger partial charge on any atom is -0.463 e. The number of unbranched alkanes of at least 4 members (excludes halogenated alkanes) is 9. The molecule has 2 heterocycles. The van der Waals surface area contributed by atoms with E-state index in [2.05, 4.69) is 12.7 Å². The van der Waals surface area contributed by atoms with Crippen LogP contribution in [0.3, 0.4) is 0 Å². The van der Waals surface area contributed by atoms with Crippen molar-refractivity contribution >= 4 is 11.9 Å². The quantitative estimate of drug-likeness (QED) is 0.0931. The Bertz CT molecular complexity index is 526. The van der Waals surface area contributed by atoms with E-state index in [0.29, 0.717) is 32.0 Å². The van der Waals surface area contributed by atoms with Gasteiger partial charge < -0.3 is 18.9 Å². The topological polar surface area (TPSA) is 77.7 Å². The van der Waals surface area contributed by atoms with Gasteiger partial charge in [-0.05, 0) is 31.6 Å². The van der Waals surface area contributed by atoms with E-state index < -0.39 is 0 Å². The van der Waals surface area contributed by atoms with Gasteiger partial charge in [0.25, 0.3) is 0 Å². The molecule has 0 amide bonds. The number of carbonyl (C=O) groups excluding carboxylic acids is 2. The first-order valence-electron chi connectivity index (χ1n) is 12.8. The van der Waals surface area contributed by atoms with Crippen LogP contribution in [0.2, 0.25) is 0 Å². The van der Waals surface area contributed by atoms with E-state index in [4.69, 9.17) is 18.9 Å². The highest BCUT2D eigenvalue weighted by Crippen LogP contribution is 2.20. The van der Waals surface area contributed by atoms with Crippen LogP contribution in [0, 0.1) is 5.92 Å². The van der Waals surface area contributed by atoms with Crippen LogP contribution >= 0.6 is 0 Å². The van der Waals surface area contributed by atoms with Gasteiger partial charge in [0, 0.05) is 12.8 Å². The molecule has 0 N–H and O–H groups in total. The summed E-state index contributed by atoms with van der Waals surface area (Å²) in [6.07, 6.45) is 18.6. The van der Waals surface area contributed by atoms with Crippen molar-refractivity contribution in [2.24, 2.45) is 5.92 Å². The molecule has 0 aromatic heterocycles. The average Bonchev–Trinajstić information content (AvgIpc) is 3.70. The second-order valence-electron chi connectivity index (χ2n) is 9.24. The Morgan fingerprint density at radius 1 is 0.719 bits per heavy atom. The molecule has 2 aliphatic rings. The van der Waals surface area contributed by atoms with E-state index in [9.17, 15) is 9.59 Å². The van der Waals surface area contributed by atoms with Gasteiger partial charge in [-0.3, -0.25) is 9.59 Å². The maximum Gasteiger partial charge on any atom is 0.305 e. The second-order valence-corrected chi connectivity index (χ2v) is 9.24. The zero-order chi connectivity index (χ0) is 22.9. The molecule has 2 fully saturated rings. The summed E-state index contributed by atoms with van der Waals surface area (Å²) in [5.74, 6) is 0.419. The monoisotopic (exact) mass is 452 g/mol. The molecule has 0 aromatic rings. The van der Waals surface area contributed by atoms with E-state index >= 15 is 0 Å². The van der Waals surface area contributed by atoms with Crippen LogP contribution in [-0.4, -0.2) is 50.6 Å². The average molecular weight is 453 g/mol. The van der Waals surface area contributed by atoms with Crippen molar-refractivity contribution in [1.82, 2.24) is 0 Å². The molecule has 2 rings (SSSR count). The van der Waals surface area contributed by atoms with Crippen LogP contribution in [0.5, 0.6) is 0 Å². The zero-order valence-corrected chi connectivity index (χ0v) is 19.9. The first-order chi connectivity index (χ1) is 15.7. The third kappa shape index (κ3) is 15.4. The first kappa shape index (κ1) is 26.8. The van der Waals surface area contributed by atoms with Crippen LogP contribution in [0.15, 0.2) is 12.7 Å². The molecule has 0 saturated carbocycles. The fourth-order valence-corrected chi connectivity index (χ4v) is 3.81. The number of hydrogen-bond acceptors (Lipinski definition) is 6. The Balaban J connectivity index is 1.29. The molecule has 32 heavy (non-hydrogen) atoms. The molecular weight excluding hydrogens is 408 g/mol. The van der Waals surface area contributed by atoms with E-state index in [1.54, 1.807) is 0 Å². The third-order valence-electron chi connectivity index (χ3n) is 6.16. The summed E-state index contributed by atoms with van der Waals surface area (Å²) in [6.45, 7) is 6.32. The largest absolute Gasteiger partial charge is 0.463 e. The standard InChI is InChI=1S/C26H44O6/c1-2-22(15-11-9-13-17-26(28)32-21-24-19-30-24)14-10-7-5-3-4-6-8-12-16-25(27)31-20-23-18-29-23/h2,22-24H,1,3-21H2. The molecule has 3 atom stereocenters. The zero-order valence-electron chi connectivity index (χ0n) is 19.9. The van der Waals surface area contributed by atoms with Crippen molar-refractivity contribution in [3.05, 3.63) is 12.7 Å². The number of rotatable bonds is 22. The summed E-state index contributed by atoms with van der Waals surface area (Å²) in [5, 5.41) is 0. The number of esters is 2. The smallest absolute Gasteiger partial charge is 0.305 e. The first-order valence-corrected chi connectivity index (χ1v) is 12.8. The van der Waals surface area contributed by atoms with Gasteiger partial charge in [-0.2, -0.15) is 0 Å². The van der Waals surface area contributed by atoms with Crippen LogP contribution in [-0.2, 0) is 28.5 Å². The van der Waals surface area contributed by atoms with Gasteiger partial charge in [-0.1, -0.05) is 63.9 Å². The van der Waals surface area contributed by atoms with Crippen LogP contribution in [0.25, 0.3) is 0 Å². The molecule has 6 heteroatoms. The fraction of sp³-hybridized carbons (Fsp3) is 0.846. The molecule has 0 radical (unpaired) electrons. The molecule has 0 bridgehead atoms. The maximum atomic E-state index is 11.6. The highest BCUT2D eigenvalue weighted by atomic mass is 16.6. The summed E-state index contributed by atoms with van der Waals surface area (Å²) < 4.78 is 20.3. The third-order valence-corrected chi connectivity index (χ3v) is 6.16. The SMILES string of the molecule is C=CC(CCCCCCCCCCC(=O)OCC1CO1)CCCCCC(=O)OCC1CO1. The van der Waals surface area contributed by atoms with Crippen molar-refractivity contribution in [3.8, 4) is 0 Å². The molecule has 0 spiro atoms. The van der Waals surface area contributed by atoms with Gasteiger partial charge in [-0.15, -0.1) is 6.58 Å². The highest BCUT2D eigenvalue weighted by molar-refractivity contribution is 5.69. The van der Waals surface area contributed by atoms with Crippen molar-refractivity contribution < 1.29 is 28.5 Å². The Kier molecular flexibility index (Phi) is 14.4. The van der Waals surface area contributed by atoms with Gasteiger partial charge >= 0.3 is 11.9 Å². The molecule has 3 unspecified atom stereocenters. The van der Waals surface area contributed by atoms with Gasteiger partial charge in [0.15, 0.2) is 0 Å². The lowest BCUT2D eigenvalue weighted by molar-refractivity contribution is -0.145. The number of ether oxygens (including phenoxy) is 4. The predicted octanol–water partition coefficient (Wildman–Crippen LogP) is 5.52. The van der Waals surface area contributed by atoms with Crippen LogP contribution in [0.1, 0.15) is 96.3 Å². The lowest BCUT2D eigenvalue weighted by Crippen LogP contribution is -2.09. The minimum absolute atomic E-state index is 0.0841. The normalized spacial score (nSPS) is 19.9. The highest BCUT2D eigenvalue weighted by Gasteiger charge is 2.24. The predicted molar refractivity (Wildman–Crippen MR) is 124 cm³/mol. The van der Waals surface area contributed by atoms with E-state index in [-0.39, 0.29) is 24.1 Å².